The highest BCUT2D eigenvalue weighted by Gasteiger charge is 2.34. The number of piperidine rings is 1. The molecule has 33 heavy (non-hydrogen) atoms. The predicted octanol–water partition coefficient (Wildman–Crippen LogP) is 2.41. The zero-order chi connectivity index (χ0) is 24.2. The Morgan fingerprint density at radius 2 is 1.64 bits per heavy atom. The van der Waals surface area contributed by atoms with E-state index in [1.807, 2.05) is 0 Å². The second-order valence-corrected chi connectivity index (χ2v) is 10.0. The number of carbonyl (C=O) groups excluding carboxylic acids is 3. The highest BCUT2D eigenvalue weighted by Crippen LogP contribution is 2.26. The maximum atomic E-state index is 12.8. The smallest absolute Gasteiger partial charge is 0.309 e. The summed E-state index contributed by atoms with van der Waals surface area (Å²) in [5, 5.41) is 3.04. The molecule has 1 aliphatic rings. The Morgan fingerprint density at radius 3 is 2.18 bits per heavy atom. The van der Waals surface area contributed by atoms with Crippen molar-refractivity contribution in [2.45, 2.75) is 30.8 Å². The van der Waals surface area contributed by atoms with Crippen LogP contribution in [0.25, 0.3) is 0 Å². The summed E-state index contributed by atoms with van der Waals surface area (Å²) in [4.78, 5) is 36.1. The van der Waals surface area contributed by atoms with E-state index in [1.54, 1.807) is 0 Å². The second kappa shape index (κ2) is 10.3. The summed E-state index contributed by atoms with van der Waals surface area (Å²) < 4.78 is 32.1. The van der Waals surface area contributed by atoms with Crippen LogP contribution in [0.4, 0.5) is 5.69 Å². The second-order valence-electron chi connectivity index (χ2n) is 7.64. The quantitative estimate of drug-likeness (QED) is 0.568. The molecule has 0 radical (unpaired) electrons. The first kappa shape index (κ1) is 24.7. The summed E-state index contributed by atoms with van der Waals surface area (Å²) in [5.74, 6) is -2.17. The third-order valence-corrected chi connectivity index (χ3v) is 7.50. The lowest BCUT2D eigenvalue weighted by molar-refractivity contribution is -0.158. The van der Waals surface area contributed by atoms with Gasteiger partial charge in [0.05, 0.1) is 10.8 Å². The molecule has 2 amide bonds. The summed E-state index contributed by atoms with van der Waals surface area (Å²) in [7, 11) is -3.68. The van der Waals surface area contributed by atoms with Crippen molar-refractivity contribution in [2.75, 3.05) is 18.4 Å². The molecule has 2 aromatic rings. The van der Waals surface area contributed by atoms with Crippen LogP contribution in [0.3, 0.4) is 0 Å². The Labute approximate surface area is 196 Å². The van der Waals surface area contributed by atoms with E-state index in [0.717, 1.165) is 0 Å². The molecule has 0 unspecified atom stereocenters. The van der Waals surface area contributed by atoms with E-state index >= 15 is 0 Å². The number of carbonyl (C=O) groups is 3. The van der Waals surface area contributed by atoms with Crippen LogP contribution in [0, 0.1) is 5.92 Å². The van der Waals surface area contributed by atoms with Gasteiger partial charge in [-0.25, -0.2) is 8.42 Å². The van der Waals surface area contributed by atoms with Crippen molar-refractivity contribution in [1.29, 1.82) is 0 Å². The van der Waals surface area contributed by atoms with Crippen LogP contribution < -0.4 is 11.1 Å². The third-order valence-electron chi connectivity index (χ3n) is 5.34. The zero-order valence-corrected chi connectivity index (χ0v) is 19.4. The molecular weight excluding hydrogens is 470 g/mol. The molecule has 3 rings (SSSR count). The predicted molar refractivity (Wildman–Crippen MR) is 122 cm³/mol. The first-order chi connectivity index (χ1) is 15.6. The number of nitrogens with zero attached hydrogens (tertiary/aromatic N) is 1. The molecule has 0 saturated carbocycles. The average Bonchev–Trinajstić information content (AvgIpc) is 2.79. The van der Waals surface area contributed by atoms with Crippen molar-refractivity contribution in [2.24, 2.45) is 11.7 Å². The summed E-state index contributed by atoms with van der Waals surface area (Å²) in [6.45, 7) is 1.78. The zero-order valence-electron chi connectivity index (χ0n) is 17.9. The number of halogens is 1. The number of primary amides is 1. The van der Waals surface area contributed by atoms with Crippen molar-refractivity contribution < 1.29 is 27.5 Å². The number of benzene rings is 2. The first-order valence-corrected chi connectivity index (χ1v) is 12.1. The van der Waals surface area contributed by atoms with Crippen LogP contribution in [0.5, 0.6) is 0 Å². The normalized spacial score (nSPS) is 16.1. The number of rotatable bonds is 7. The average molecular weight is 494 g/mol. The maximum absolute atomic E-state index is 12.8. The Kier molecular flexibility index (Phi) is 7.72. The Hall–Kier alpha value is -2.95. The van der Waals surface area contributed by atoms with E-state index in [2.05, 4.69) is 5.32 Å². The number of nitrogens with one attached hydrogen (secondary N) is 1. The van der Waals surface area contributed by atoms with E-state index in [9.17, 15) is 22.8 Å². The van der Waals surface area contributed by atoms with Gasteiger partial charge in [0.15, 0.2) is 6.10 Å². The van der Waals surface area contributed by atoms with Crippen LogP contribution in [-0.4, -0.2) is 49.7 Å². The Morgan fingerprint density at radius 1 is 1.06 bits per heavy atom. The van der Waals surface area contributed by atoms with Gasteiger partial charge in [-0.15, -0.1) is 0 Å². The number of sulfonamides is 1. The molecule has 1 fully saturated rings. The van der Waals surface area contributed by atoms with Gasteiger partial charge in [0.1, 0.15) is 0 Å². The van der Waals surface area contributed by atoms with Gasteiger partial charge in [-0.3, -0.25) is 14.4 Å². The number of nitrogens with two attached hydrogens (primary N) is 1. The minimum atomic E-state index is -3.68. The van der Waals surface area contributed by atoms with Crippen molar-refractivity contribution in [1.82, 2.24) is 4.31 Å². The number of amides is 2. The lowest BCUT2D eigenvalue weighted by Gasteiger charge is -2.30. The number of hydrogen-bond acceptors (Lipinski definition) is 6. The SMILES string of the molecule is C[C@@H](OC(=O)C1CCN(S(=O)(=O)c2ccc(Cl)cc2)CC1)C(=O)Nc1ccc(C(N)=O)cc1. The van der Waals surface area contributed by atoms with Gasteiger partial charge in [-0.1, -0.05) is 11.6 Å². The van der Waals surface area contributed by atoms with E-state index in [-0.39, 0.29) is 30.8 Å². The van der Waals surface area contributed by atoms with E-state index in [4.69, 9.17) is 22.1 Å². The molecule has 1 heterocycles. The fourth-order valence-corrected chi connectivity index (χ4v) is 4.97. The van der Waals surface area contributed by atoms with Crippen LogP contribution in [0.2, 0.25) is 5.02 Å². The topological polar surface area (TPSA) is 136 Å². The fraction of sp³-hybridized carbons (Fsp3) is 0.318. The van der Waals surface area contributed by atoms with Crippen LogP contribution in [0.1, 0.15) is 30.1 Å². The molecule has 1 saturated heterocycles. The molecule has 0 aromatic heterocycles. The lowest BCUT2D eigenvalue weighted by atomic mass is 9.98. The van der Waals surface area contributed by atoms with E-state index < -0.39 is 39.8 Å². The van der Waals surface area contributed by atoms with Gasteiger partial charge in [-0.05, 0) is 68.3 Å². The fourth-order valence-electron chi connectivity index (χ4n) is 3.37. The monoisotopic (exact) mass is 493 g/mol. The minimum Gasteiger partial charge on any atom is -0.452 e. The van der Waals surface area contributed by atoms with Gasteiger partial charge < -0.3 is 15.8 Å². The van der Waals surface area contributed by atoms with Crippen LogP contribution in [0.15, 0.2) is 53.4 Å². The molecule has 1 atom stereocenters. The summed E-state index contributed by atoms with van der Waals surface area (Å²) in [6, 6.07) is 11.9. The lowest BCUT2D eigenvalue weighted by Crippen LogP contribution is -2.41. The number of anilines is 1. The molecule has 11 heteroatoms. The maximum Gasteiger partial charge on any atom is 0.309 e. The molecule has 0 aliphatic carbocycles. The van der Waals surface area contributed by atoms with Crippen molar-refractivity contribution in [3.8, 4) is 0 Å². The van der Waals surface area contributed by atoms with Gasteiger partial charge in [0, 0.05) is 29.4 Å². The van der Waals surface area contributed by atoms with Crippen molar-refractivity contribution >= 4 is 45.1 Å². The van der Waals surface area contributed by atoms with Gasteiger partial charge in [-0.2, -0.15) is 4.31 Å². The number of esters is 1. The highest BCUT2D eigenvalue weighted by atomic mass is 35.5. The number of hydrogen-bond donors (Lipinski definition) is 2. The van der Waals surface area contributed by atoms with Gasteiger partial charge in [0.2, 0.25) is 15.9 Å². The van der Waals surface area contributed by atoms with Crippen LogP contribution >= 0.6 is 11.6 Å². The Bertz CT molecular complexity index is 1130. The number of ether oxygens (including phenoxy) is 1. The van der Waals surface area contributed by atoms with E-state index in [1.165, 1.54) is 59.8 Å². The molecule has 176 valence electrons. The molecule has 0 bridgehead atoms. The molecular formula is C22H24ClN3O6S. The van der Waals surface area contributed by atoms with E-state index in [0.29, 0.717) is 16.3 Å². The molecule has 1 aliphatic heterocycles. The van der Waals surface area contributed by atoms with Crippen molar-refractivity contribution in [3.63, 3.8) is 0 Å². The molecule has 3 N–H and O–H groups in total. The molecule has 0 spiro atoms. The first-order valence-electron chi connectivity index (χ1n) is 10.2. The van der Waals surface area contributed by atoms with Crippen molar-refractivity contribution in [3.05, 3.63) is 59.1 Å². The highest BCUT2D eigenvalue weighted by molar-refractivity contribution is 7.89. The Balaban J connectivity index is 1.51. The summed E-state index contributed by atoms with van der Waals surface area (Å²) >= 11 is 5.82. The largest absolute Gasteiger partial charge is 0.452 e. The van der Waals surface area contributed by atoms with Gasteiger partial charge in [0.25, 0.3) is 5.91 Å². The molecule has 2 aromatic carbocycles. The standard InChI is InChI=1S/C22H24ClN3O6S/c1-14(21(28)25-18-6-2-15(3-7-18)20(24)27)32-22(29)16-10-12-26(13-11-16)33(30,31)19-8-4-17(23)5-9-19/h2-9,14,16H,10-13H2,1H3,(H2,24,27)(H,25,28)/t14-/m1/s1. The van der Waals surface area contributed by atoms with Gasteiger partial charge >= 0.3 is 5.97 Å². The minimum absolute atomic E-state index is 0.141. The summed E-state index contributed by atoms with van der Waals surface area (Å²) in [5.41, 5.74) is 5.91. The third kappa shape index (κ3) is 6.10. The molecule has 9 nitrogen and oxygen atoms in total. The summed E-state index contributed by atoms with van der Waals surface area (Å²) in [6.07, 6.45) is -0.479. The van der Waals surface area contributed by atoms with Crippen LogP contribution in [-0.2, 0) is 24.3 Å².